The zero-order valence-corrected chi connectivity index (χ0v) is 22.4. The molecule has 190 valence electrons. The second-order valence-electron chi connectivity index (χ2n) is 13.8. The molecule has 2 N–H and O–H groups in total. The van der Waals surface area contributed by atoms with E-state index in [1.807, 2.05) is 26.0 Å². The molecule has 4 heteroatoms. The van der Waals surface area contributed by atoms with Crippen LogP contribution in [0.2, 0.25) is 0 Å². The average molecular weight is 471 g/mol. The molecule has 0 aromatic rings. The Bertz CT molecular complexity index is 907. The second kappa shape index (κ2) is 8.13. The number of hydrogen-bond acceptors (Lipinski definition) is 4. The molecular formula is C30H46O4. The molecule has 3 fully saturated rings. The number of ketones is 1. The van der Waals surface area contributed by atoms with Crippen molar-refractivity contribution in [2.45, 2.75) is 105 Å². The fraction of sp³-hybridized carbons (Fsp3) is 0.800. The first-order valence-corrected chi connectivity index (χ1v) is 13.4. The van der Waals surface area contributed by atoms with Crippen LogP contribution in [-0.2, 0) is 9.59 Å². The summed E-state index contributed by atoms with van der Waals surface area (Å²) in [5.41, 5.74) is -1.14. The van der Waals surface area contributed by atoms with Crippen molar-refractivity contribution in [1.82, 2.24) is 0 Å². The standard InChI is InChI=1S/C30H46O4/c1-19(9-8-13-26(2,3)34)20-12-14-29(7)25-23(32)17-22-21(10-11-24(33)27(22,4)5)30(25,18-31)16-15-28(20,29)6/h8,13,17-21,24-25,33-34H,9-12,14-16H2,1-7H3/b13-8+/t19?,20-,21-,24+,25+,28-,29+,30-/m1/s1. The van der Waals surface area contributed by atoms with Crippen molar-refractivity contribution in [2.75, 3.05) is 0 Å². The van der Waals surface area contributed by atoms with Crippen LogP contribution in [0.3, 0.4) is 0 Å². The zero-order chi connectivity index (χ0) is 25.3. The molecule has 4 aliphatic carbocycles. The van der Waals surface area contributed by atoms with Crippen molar-refractivity contribution in [3.8, 4) is 0 Å². The third-order valence-corrected chi connectivity index (χ3v) is 11.2. The Labute approximate surface area is 206 Å². The number of hydrogen-bond donors (Lipinski definition) is 2. The van der Waals surface area contributed by atoms with Crippen molar-refractivity contribution in [1.29, 1.82) is 0 Å². The van der Waals surface area contributed by atoms with Gasteiger partial charge in [0.05, 0.1) is 11.7 Å². The average Bonchev–Trinajstić information content (AvgIpc) is 3.01. The maximum Gasteiger partial charge on any atom is 0.160 e. The Kier molecular flexibility index (Phi) is 6.17. The van der Waals surface area contributed by atoms with E-state index in [0.717, 1.165) is 50.4 Å². The molecule has 34 heavy (non-hydrogen) atoms. The summed E-state index contributed by atoms with van der Waals surface area (Å²) in [6.07, 6.45) is 12.7. The van der Waals surface area contributed by atoms with Crippen LogP contribution in [0.1, 0.15) is 93.4 Å². The maximum absolute atomic E-state index is 13.9. The number of allylic oxidation sites excluding steroid dienone is 2. The molecule has 3 saturated carbocycles. The van der Waals surface area contributed by atoms with Gasteiger partial charge in [-0.05, 0) is 93.5 Å². The summed E-state index contributed by atoms with van der Waals surface area (Å²) < 4.78 is 0. The van der Waals surface area contributed by atoms with Crippen molar-refractivity contribution >= 4 is 12.1 Å². The first-order valence-electron chi connectivity index (χ1n) is 13.4. The molecule has 0 amide bonds. The van der Waals surface area contributed by atoms with E-state index in [0.29, 0.717) is 18.3 Å². The van der Waals surface area contributed by atoms with Gasteiger partial charge in [0.1, 0.15) is 6.29 Å². The van der Waals surface area contributed by atoms with E-state index in [9.17, 15) is 19.8 Å². The summed E-state index contributed by atoms with van der Waals surface area (Å²) in [6.45, 7) is 14.7. The Morgan fingerprint density at radius 2 is 1.76 bits per heavy atom. The van der Waals surface area contributed by atoms with Crippen molar-refractivity contribution in [3.05, 3.63) is 23.8 Å². The van der Waals surface area contributed by atoms with E-state index in [4.69, 9.17) is 0 Å². The van der Waals surface area contributed by atoms with E-state index < -0.39 is 22.5 Å². The Morgan fingerprint density at radius 3 is 2.38 bits per heavy atom. The van der Waals surface area contributed by atoms with Crippen LogP contribution in [0.15, 0.2) is 23.8 Å². The number of carbonyl (C=O) groups is 2. The van der Waals surface area contributed by atoms with E-state index in [1.54, 1.807) is 13.8 Å². The van der Waals surface area contributed by atoms with Crippen molar-refractivity contribution in [3.63, 3.8) is 0 Å². The molecule has 0 aromatic carbocycles. The lowest BCUT2D eigenvalue weighted by atomic mass is 9.38. The zero-order valence-electron chi connectivity index (χ0n) is 22.4. The van der Waals surface area contributed by atoms with Crippen LogP contribution in [0.4, 0.5) is 0 Å². The molecule has 0 spiro atoms. The summed E-state index contributed by atoms with van der Waals surface area (Å²) >= 11 is 0. The molecule has 0 saturated heterocycles. The van der Waals surface area contributed by atoms with E-state index in [1.165, 1.54) is 0 Å². The minimum atomic E-state index is -0.803. The van der Waals surface area contributed by atoms with E-state index in [-0.39, 0.29) is 28.4 Å². The molecule has 0 aliphatic heterocycles. The van der Waals surface area contributed by atoms with Crippen molar-refractivity contribution in [2.24, 2.45) is 45.3 Å². The summed E-state index contributed by atoms with van der Waals surface area (Å²) in [6, 6.07) is 0. The summed E-state index contributed by atoms with van der Waals surface area (Å²) in [5, 5.41) is 20.8. The lowest BCUT2D eigenvalue weighted by Gasteiger charge is -2.64. The molecule has 8 atom stereocenters. The van der Waals surface area contributed by atoms with Crippen molar-refractivity contribution < 1.29 is 19.8 Å². The van der Waals surface area contributed by atoms with Crippen LogP contribution in [0.5, 0.6) is 0 Å². The van der Waals surface area contributed by atoms with Gasteiger partial charge in [-0.3, -0.25) is 4.79 Å². The summed E-state index contributed by atoms with van der Waals surface area (Å²) in [7, 11) is 0. The van der Waals surface area contributed by atoms with Gasteiger partial charge in [0, 0.05) is 16.7 Å². The third-order valence-electron chi connectivity index (χ3n) is 11.2. The number of aliphatic hydroxyl groups excluding tert-OH is 1. The molecule has 0 heterocycles. The fourth-order valence-electron chi connectivity index (χ4n) is 9.02. The topological polar surface area (TPSA) is 74.6 Å². The minimum absolute atomic E-state index is 0.00311. The monoisotopic (exact) mass is 470 g/mol. The highest BCUT2D eigenvalue weighted by Gasteiger charge is 2.70. The number of fused-ring (bicyclic) bond motifs is 5. The molecular weight excluding hydrogens is 424 g/mol. The molecule has 0 bridgehead atoms. The highest BCUT2D eigenvalue weighted by atomic mass is 16.3. The summed E-state index contributed by atoms with van der Waals surface area (Å²) in [5.74, 6) is 0.821. The minimum Gasteiger partial charge on any atom is -0.392 e. The quantitative estimate of drug-likeness (QED) is 0.401. The lowest BCUT2D eigenvalue weighted by Crippen LogP contribution is -2.63. The maximum atomic E-state index is 13.9. The molecule has 0 radical (unpaired) electrons. The van der Waals surface area contributed by atoms with Gasteiger partial charge in [0.2, 0.25) is 0 Å². The number of aldehydes is 1. The SMILES string of the molecule is CC(C/C=C/C(C)(C)O)[C@H]1CC[C@@]2(C)[C@@H]3C(=O)C=C4[C@@H](CC[C@H](O)C4(C)C)[C@]3(C=O)CC[C@]12C. The van der Waals surface area contributed by atoms with Gasteiger partial charge in [-0.2, -0.15) is 0 Å². The van der Waals surface area contributed by atoms with Gasteiger partial charge in [-0.25, -0.2) is 0 Å². The molecule has 4 aliphatic rings. The van der Waals surface area contributed by atoms with Gasteiger partial charge in [-0.15, -0.1) is 0 Å². The Morgan fingerprint density at radius 1 is 1.09 bits per heavy atom. The van der Waals surface area contributed by atoms with Crippen LogP contribution >= 0.6 is 0 Å². The summed E-state index contributed by atoms with van der Waals surface area (Å²) in [4.78, 5) is 27.0. The molecule has 4 rings (SSSR count). The number of rotatable bonds is 5. The van der Waals surface area contributed by atoms with Gasteiger partial charge >= 0.3 is 0 Å². The van der Waals surface area contributed by atoms with Crippen LogP contribution in [0.25, 0.3) is 0 Å². The van der Waals surface area contributed by atoms with E-state index in [2.05, 4.69) is 26.8 Å². The smallest absolute Gasteiger partial charge is 0.160 e. The Hall–Kier alpha value is -1.26. The predicted octanol–water partition coefficient (Wildman–Crippen LogP) is 5.66. The lowest BCUT2D eigenvalue weighted by molar-refractivity contribution is -0.170. The normalized spacial score (nSPS) is 44.7. The number of carbonyl (C=O) groups excluding carboxylic acids is 2. The predicted molar refractivity (Wildman–Crippen MR) is 135 cm³/mol. The second-order valence-corrected chi connectivity index (χ2v) is 13.8. The van der Waals surface area contributed by atoms with Crippen LogP contribution in [0, 0.1) is 45.3 Å². The van der Waals surface area contributed by atoms with Crippen LogP contribution < -0.4 is 0 Å². The van der Waals surface area contributed by atoms with E-state index >= 15 is 0 Å². The van der Waals surface area contributed by atoms with Gasteiger partial charge in [-0.1, -0.05) is 52.3 Å². The highest BCUT2D eigenvalue weighted by Crippen LogP contribution is 2.74. The largest absolute Gasteiger partial charge is 0.392 e. The molecule has 0 aromatic heterocycles. The molecule has 1 unspecified atom stereocenters. The molecule has 4 nitrogen and oxygen atoms in total. The first-order chi connectivity index (χ1) is 15.6. The first kappa shape index (κ1) is 25.8. The fourth-order valence-corrected chi connectivity index (χ4v) is 9.02. The highest BCUT2D eigenvalue weighted by molar-refractivity contribution is 5.98. The van der Waals surface area contributed by atoms with Gasteiger partial charge in [0.15, 0.2) is 5.78 Å². The Balaban J connectivity index is 1.71. The number of aliphatic hydroxyl groups is 2. The van der Waals surface area contributed by atoms with Gasteiger partial charge < -0.3 is 15.0 Å². The third kappa shape index (κ3) is 3.53. The van der Waals surface area contributed by atoms with Gasteiger partial charge in [0.25, 0.3) is 0 Å². The van der Waals surface area contributed by atoms with Crippen LogP contribution in [-0.4, -0.2) is 34.0 Å².